The molecule has 2 rings (SSSR count). The average molecular weight is 197 g/mol. The summed E-state index contributed by atoms with van der Waals surface area (Å²) in [4.78, 5) is 0. The van der Waals surface area contributed by atoms with Gasteiger partial charge in [0.25, 0.3) is 0 Å². The van der Waals surface area contributed by atoms with Gasteiger partial charge in [-0.1, -0.05) is 13.3 Å². The third kappa shape index (κ3) is 2.29. The van der Waals surface area contributed by atoms with Crippen molar-refractivity contribution in [3.05, 3.63) is 0 Å². The molecule has 2 heteroatoms. The molecule has 0 aromatic rings. The van der Waals surface area contributed by atoms with Gasteiger partial charge < -0.3 is 10.1 Å². The van der Waals surface area contributed by atoms with Crippen molar-refractivity contribution < 1.29 is 4.74 Å². The molecule has 2 saturated carbocycles. The lowest BCUT2D eigenvalue weighted by molar-refractivity contribution is -0.0141. The Bertz CT molecular complexity index is 183. The average Bonchev–Trinajstić information content (AvgIpc) is 2.05. The van der Waals surface area contributed by atoms with E-state index >= 15 is 0 Å². The normalized spacial score (nSPS) is 34.7. The predicted octanol–water partition coefficient (Wildman–Crippen LogP) is 2.33. The molecule has 0 bridgehead atoms. The summed E-state index contributed by atoms with van der Waals surface area (Å²) < 4.78 is 5.54. The fourth-order valence-electron chi connectivity index (χ4n) is 2.45. The van der Waals surface area contributed by atoms with Crippen molar-refractivity contribution in [3.8, 4) is 0 Å². The van der Waals surface area contributed by atoms with Crippen LogP contribution < -0.4 is 5.32 Å². The van der Waals surface area contributed by atoms with Gasteiger partial charge in [0, 0.05) is 19.2 Å². The Hall–Kier alpha value is -0.0800. The van der Waals surface area contributed by atoms with E-state index in [4.69, 9.17) is 4.74 Å². The van der Waals surface area contributed by atoms with Crippen LogP contribution in [0.15, 0.2) is 0 Å². The highest BCUT2D eigenvalue weighted by atomic mass is 16.5. The van der Waals surface area contributed by atoms with Crippen LogP contribution in [0.3, 0.4) is 0 Å². The first-order chi connectivity index (χ1) is 6.72. The van der Waals surface area contributed by atoms with Crippen LogP contribution in [0.25, 0.3) is 0 Å². The van der Waals surface area contributed by atoms with Crippen molar-refractivity contribution in [2.24, 2.45) is 5.41 Å². The molecule has 0 atom stereocenters. The lowest BCUT2D eigenvalue weighted by Gasteiger charge is -2.42. The summed E-state index contributed by atoms with van der Waals surface area (Å²) in [6.45, 7) is 6.57. The van der Waals surface area contributed by atoms with Gasteiger partial charge in [-0.15, -0.1) is 0 Å². The highest BCUT2D eigenvalue weighted by Crippen LogP contribution is 2.40. The van der Waals surface area contributed by atoms with Crippen LogP contribution in [0.4, 0.5) is 0 Å². The molecular weight excluding hydrogens is 174 g/mol. The molecule has 2 nitrogen and oxygen atoms in total. The predicted molar refractivity (Wildman–Crippen MR) is 58.4 cm³/mol. The molecule has 0 aromatic carbocycles. The third-order valence-electron chi connectivity index (χ3n) is 3.88. The van der Waals surface area contributed by atoms with Crippen molar-refractivity contribution in [2.75, 3.05) is 13.2 Å². The summed E-state index contributed by atoms with van der Waals surface area (Å²) in [5.41, 5.74) is 0.622. The van der Waals surface area contributed by atoms with Crippen LogP contribution in [0.2, 0.25) is 0 Å². The number of hydrogen-bond donors (Lipinski definition) is 1. The molecule has 0 radical (unpaired) electrons. The van der Waals surface area contributed by atoms with E-state index in [0.29, 0.717) is 11.5 Å². The highest BCUT2D eigenvalue weighted by molar-refractivity contribution is 4.91. The second kappa shape index (κ2) is 4.19. The summed E-state index contributed by atoms with van der Waals surface area (Å²) >= 11 is 0. The van der Waals surface area contributed by atoms with Crippen LogP contribution in [0.5, 0.6) is 0 Å². The van der Waals surface area contributed by atoms with Gasteiger partial charge >= 0.3 is 0 Å². The fourth-order valence-corrected chi connectivity index (χ4v) is 2.45. The largest absolute Gasteiger partial charge is 0.378 e. The summed E-state index contributed by atoms with van der Waals surface area (Å²) in [5, 5.41) is 3.67. The molecule has 0 spiro atoms. The molecule has 0 amide bonds. The SMILES string of the molecule is CCOC1CC(NCC2(C)CCC2)C1. The van der Waals surface area contributed by atoms with Gasteiger partial charge in [0.2, 0.25) is 0 Å². The first-order valence-electron chi connectivity index (χ1n) is 6.07. The van der Waals surface area contributed by atoms with Gasteiger partial charge in [-0.05, 0) is 38.0 Å². The molecule has 0 heterocycles. The Balaban J connectivity index is 1.56. The minimum absolute atomic E-state index is 0.548. The highest BCUT2D eigenvalue weighted by Gasteiger charge is 2.35. The number of hydrogen-bond acceptors (Lipinski definition) is 2. The Labute approximate surface area is 87.4 Å². The van der Waals surface area contributed by atoms with E-state index in [1.807, 2.05) is 0 Å². The fraction of sp³-hybridized carbons (Fsp3) is 1.00. The van der Waals surface area contributed by atoms with Crippen LogP contribution >= 0.6 is 0 Å². The molecule has 2 aliphatic rings. The van der Waals surface area contributed by atoms with E-state index in [1.54, 1.807) is 0 Å². The maximum Gasteiger partial charge on any atom is 0.0604 e. The summed E-state index contributed by atoms with van der Waals surface area (Å²) in [7, 11) is 0. The summed E-state index contributed by atoms with van der Waals surface area (Å²) in [6, 6.07) is 0.740. The van der Waals surface area contributed by atoms with Gasteiger partial charge in [0.15, 0.2) is 0 Å². The quantitative estimate of drug-likeness (QED) is 0.730. The summed E-state index contributed by atoms with van der Waals surface area (Å²) in [6.07, 6.45) is 7.27. The van der Waals surface area contributed by atoms with E-state index in [-0.39, 0.29) is 0 Å². The zero-order valence-electron chi connectivity index (χ0n) is 9.51. The zero-order valence-corrected chi connectivity index (χ0v) is 9.51. The lowest BCUT2D eigenvalue weighted by atomic mass is 9.70. The summed E-state index contributed by atoms with van der Waals surface area (Å²) in [5.74, 6) is 0. The van der Waals surface area contributed by atoms with Crippen molar-refractivity contribution in [1.82, 2.24) is 5.32 Å². The maximum atomic E-state index is 5.54. The molecule has 2 fully saturated rings. The Kier molecular flexibility index (Phi) is 3.13. The van der Waals surface area contributed by atoms with E-state index in [2.05, 4.69) is 19.2 Å². The van der Waals surface area contributed by atoms with Gasteiger partial charge in [0.1, 0.15) is 0 Å². The first kappa shape index (κ1) is 10.4. The first-order valence-corrected chi connectivity index (χ1v) is 6.07. The van der Waals surface area contributed by atoms with E-state index < -0.39 is 0 Å². The van der Waals surface area contributed by atoms with E-state index in [0.717, 1.165) is 12.6 Å². The van der Waals surface area contributed by atoms with E-state index in [1.165, 1.54) is 38.6 Å². The minimum atomic E-state index is 0.548. The van der Waals surface area contributed by atoms with Crippen LogP contribution in [0.1, 0.15) is 46.0 Å². The lowest BCUT2D eigenvalue weighted by Crippen LogP contribution is -2.49. The van der Waals surface area contributed by atoms with Crippen molar-refractivity contribution >= 4 is 0 Å². The van der Waals surface area contributed by atoms with Crippen LogP contribution in [-0.2, 0) is 4.74 Å². The van der Waals surface area contributed by atoms with Gasteiger partial charge in [-0.3, -0.25) is 0 Å². The van der Waals surface area contributed by atoms with Gasteiger partial charge in [-0.25, -0.2) is 0 Å². The molecule has 0 aliphatic heterocycles. The van der Waals surface area contributed by atoms with Crippen molar-refractivity contribution in [1.29, 1.82) is 0 Å². The maximum absolute atomic E-state index is 5.54. The Morgan fingerprint density at radius 2 is 2.07 bits per heavy atom. The molecule has 0 saturated heterocycles. The topological polar surface area (TPSA) is 21.3 Å². The minimum Gasteiger partial charge on any atom is -0.378 e. The Morgan fingerprint density at radius 3 is 2.57 bits per heavy atom. The molecular formula is C12H23NO. The standard InChI is InChI=1S/C12H23NO/c1-3-14-11-7-10(8-11)13-9-12(2)5-4-6-12/h10-11,13H,3-9H2,1-2H3. The molecule has 14 heavy (non-hydrogen) atoms. The van der Waals surface area contributed by atoms with Gasteiger partial charge in [0.05, 0.1) is 6.10 Å². The van der Waals surface area contributed by atoms with Crippen molar-refractivity contribution in [3.63, 3.8) is 0 Å². The molecule has 82 valence electrons. The number of nitrogens with one attached hydrogen (secondary N) is 1. The van der Waals surface area contributed by atoms with Crippen LogP contribution in [0, 0.1) is 5.41 Å². The number of ether oxygens (including phenoxy) is 1. The molecule has 0 aromatic heterocycles. The second-order valence-electron chi connectivity index (χ2n) is 5.29. The number of rotatable bonds is 5. The smallest absolute Gasteiger partial charge is 0.0604 e. The van der Waals surface area contributed by atoms with Crippen LogP contribution in [-0.4, -0.2) is 25.3 Å². The molecule has 0 unspecified atom stereocenters. The Morgan fingerprint density at radius 1 is 1.36 bits per heavy atom. The monoisotopic (exact) mass is 197 g/mol. The second-order valence-corrected chi connectivity index (χ2v) is 5.29. The zero-order chi connectivity index (χ0) is 10.0. The molecule has 1 N–H and O–H groups in total. The van der Waals surface area contributed by atoms with Crippen molar-refractivity contribution in [2.45, 2.75) is 58.1 Å². The third-order valence-corrected chi connectivity index (χ3v) is 3.88. The molecule has 2 aliphatic carbocycles. The van der Waals surface area contributed by atoms with Gasteiger partial charge in [-0.2, -0.15) is 0 Å². The van der Waals surface area contributed by atoms with E-state index in [9.17, 15) is 0 Å².